The Kier molecular flexibility index (Phi) is 3.88. The van der Waals surface area contributed by atoms with E-state index in [0.717, 1.165) is 0 Å². The number of hydrogen-bond acceptors (Lipinski definition) is 3. The molecule has 5 nitrogen and oxygen atoms in total. The fourth-order valence-electron chi connectivity index (χ4n) is 1.22. The minimum Gasteiger partial charge on any atom is -0.480 e. The van der Waals surface area contributed by atoms with Crippen molar-refractivity contribution in [2.45, 2.75) is 19.4 Å². The molecule has 1 aromatic heterocycles. The van der Waals surface area contributed by atoms with Crippen molar-refractivity contribution in [2.24, 2.45) is 0 Å². The van der Waals surface area contributed by atoms with Crippen molar-refractivity contribution in [1.82, 2.24) is 5.32 Å². The summed E-state index contributed by atoms with van der Waals surface area (Å²) >= 11 is 0. The van der Waals surface area contributed by atoms with Crippen LogP contribution in [0.4, 0.5) is 0 Å². The summed E-state index contributed by atoms with van der Waals surface area (Å²) in [7, 11) is 0. The maximum atomic E-state index is 11.6. The summed E-state index contributed by atoms with van der Waals surface area (Å²) in [5.74, 6) is -1.50. The van der Waals surface area contributed by atoms with Gasteiger partial charge >= 0.3 is 5.97 Å². The average Bonchev–Trinajstić information content (AvgIpc) is 2.63. The third kappa shape index (κ3) is 2.73. The van der Waals surface area contributed by atoms with E-state index < -0.39 is 17.9 Å². The van der Waals surface area contributed by atoms with Gasteiger partial charge < -0.3 is 14.8 Å². The number of furan rings is 1. The summed E-state index contributed by atoms with van der Waals surface area (Å²) in [6, 6.07) is 0.660. The zero-order valence-electron chi connectivity index (χ0n) is 8.90. The third-order valence-electron chi connectivity index (χ3n) is 2.07. The molecule has 0 aliphatic carbocycles. The lowest BCUT2D eigenvalue weighted by molar-refractivity contribution is -0.139. The van der Waals surface area contributed by atoms with Crippen molar-refractivity contribution < 1.29 is 19.1 Å². The molecule has 0 aliphatic heterocycles. The highest BCUT2D eigenvalue weighted by Crippen LogP contribution is 2.09. The van der Waals surface area contributed by atoms with Gasteiger partial charge in [0.05, 0.1) is 6.26 Å². The summed E-state index contributed by atoms with van der Waals surface area (Å²) in [4.78, 5) is 22.4. The molecule has 0 bridgehead atoms. The van der Waals surface area contributed by atoms with Gasteiger partial charge in [0.1, 0.15) is 6.04 Å². The van der Waals surface area contributed by atoms with Gasteiger partial charge in [-0.3, -0.25) is 4.79 Å². The molecule has 1 unspecified atom stereocenters. The van der Waals surface area contributed by atoms with Crippen molar-refractivity contribution in [1.29, 1.82) is 0 Å². The highest BCUT2D eigenvalue weighted by Gasteiger charge is 2.21. The Morgan fingerprint density at radius 3 is 2.81 bits per heavy atom. The molecule has 16 heavy (non-hydrogen) atoms. The summed E-state index contributed by atoms with van der Waals surface area (Å²) in [6.07, 6.45) is 2.99. The lowest BCUT2D eigenvalue weighted by atomic mass is 10.2. The van der Waals surface area contributed by atoms with Gasteiger partial charge in [0.2, 0.25) is 0 Å². The van der Waals surface area contributed by atoms with Gasteiger partial charge in [0, 0.05) is 5.56 Å². The van der Waals surface area contributed by atoms with Crippen LogP contribution in [0.25, 0.3) is 0 Å². The Balaban J connectivity index is 2.72. The van der Waals surface area contributed by atoms with E-state index in [4.69, 9.17) is 9.52 Å². The van der Waals surface area contributed by atoms with Crippen molar-refractivity contribution in [3.8, 4) is 0 Å². The molecule has 0 spiro atoms. The SMILES string of the molecule is C=CCC(NC(=O)c1occc1C)C(=O)O. The van der Waals surface area contributed by atoms with Gasteiger partial charge in [-0.2, -0.15) is 0 Å². The number of aliphatic carboxylic acids is 1. The van der Waals surface area contributed by atoms with E-state index in [0.29, 0.717) is 5.56 Å². The predicted molar refractivity (Wildman–Crippen MR) is 57.1 cm³/mol. The number of carbonyl (C=O) groups is 2. The Hall–Kier alpha value is -2.04. The number of aryl methyl sites for hydroxylation is 1. The number of carboxylic acid groups (broad SMARTS) is 1. The van der Waals surface area contributed by atoms with Crippen LogP contribution in [0.5, 0.6) is 0 Å². The van der Waals surface area contributed by atoms with Gasteiger partial charge in [-0.1, -0.05) is 6.08 Å². The molecule has 0 radical (unpaired) electrons. The van der Waals surface area contributed by atoms with E-state index in [9.17, 15) is 9.59 Å². The number of carbonyl (C=O) groups excluding carboxylic acids is 1. The second-order valence-electron chi connectivity index (χ2n) is 3.32. The predicted octanol–water partition coefficient (Wildman–Crippen LogP) is 1.35. The van der Waals surface area contributed by atoms with Crippen LogP contribution in [0.1, 0.15) is 22.5 Å². The van der Waals surface area contributed by atoms with E-state index in [-0.39, 0.29) is 12.2 Å². The molecule has 86 valence electrons. The number of amides is 1. The molecule has 0 aliphatic rings. The fraction of sp³-hybridized carbons (Fsp3) is 0.273. The minimum absolute atomic E-state index is 0.135. The van der Waals surface area contributed by atoms with Gasteiger partial charge in [0.15, 0.2) is 5.76 Å². The maximum absolute atomic E-state index is 11.6. The van der Waals surface area contributed by atoms with Crippen LogP contribution in [0, 0.1) is 6.92 Å². The van der Waals surface area contributed by atoms with E-state index in [1.807, 2.05) is 0 Å². The number of nitrogens with one attached hydrogen (secondary N) is 1. The fourth-order valence-corrected chi connectivity index (χ4v) is 1.22. The average molecular weight is 223 g/mol. The zero-order valence-corrected chi connectivity index (χ0v) is 8.90. The Labute approximate surface area is 92.8 Å². The van der Waals surface area contributed by atoms with Crippen LogP contribution in [0.3, 0.4) is 0 Å². The molecule has 1 atom stereocenters. The quantitative estimate of drug-likeness (QED) is 0.738. The van der Waals surface area contributed by atoms with Crippen molar-refractivity contribution in [3.05, 3.63) is 36.3 Å². The molecule has 1 heterocycles. The standard InChI is InChI=1S/C11H13NO4/c1-3-4-8(11(14)15)12-10(13)9-7(2)5-6-16-9/h3,5-6,8H,1,4H2,2H3,(H,12,13)(H,14,15). The second kappa shape index (κ2) is 5.16. The Morgan fingerprint density at radius 1 is 1.69 bits per heavy atom. The molecular formula is C11H13NO4. The van der Waals surface area contributed by atoms with Crippen LogP contribution in [0.2, 0.25) is 0 Å². The normalized spacial score (nSPS) is 11.8. The minimum atomic E-state index is -1.10. The first-order chi connectivity index (χ1) is 7.56. The lowest BCUT2D eigenvalue weighted by Crippen LogP contribution is -2.40. The monoisotopic (exact) mass is 223 g/mol. The van der Waals surface area contributed by atoms with Crippen LogP contribution in [0.15, 0.2) is 29.4 Å². The Morgan fingerprint density at radius 2 is 2.38 bits per heavy atom. The zero-order chi connectivity index (χ0) is 12.1. The van der Waals surface area contributed by atoms with E-state index in [2.05, 4.69) is 11.9 Å². The van der Waals surface area contributed by atoms with Crippen molar-refractivity contribution in [3.63, 3.8) is 0 Å². The van der Waals surface area contributed by atoms with Crippen LogP contribution in [-0.2, 0) is 4.79 Å². The Bertz CT molecular complexity index is 408. The molecule has 1 amide bonds. The molecule has 0 aromatic carbocycles. The largest absolute Gasteiger partial charge is 0.480 e. The molecule has 0 saturated carbocycles. The smallest absolute Gasteiger partial charge is 0.326 e. The number of hydrogen-bond donors (Lipinski definition) is 2. The van der Waals surface area contributed by atoms with Crippen LogP contribution < -0.4 is 5.32 Å². The van der Waals surface area contributed by atoms with Gasteiger partial charge in [-0.05, 0) is 19.4 Å². The molecule has 2 N–H and O–H groups in total. The van der Waals surface area contributed by atoms with Gasteiger partial charge in [-0.25, -0.2) is 4.79 Å². The van der Waals surface area contributed by atoms with Gasteiger partial charge in [-0.15, -0.1) is 6.58 Å². The van der Waals surface area contributed by atoms with Crippen LogP contribution >= 0.6 is 0 Å². The summed E-state index contributed by atoms with van der Waals surface area (Å²) in [6.45, 7) is 5.14. The molecule has 0 saturated heterocycles. The number of carboxylic acids is 1. The van der Waals surface area contributed by atoms with Crippen molar-refractivity contribution in [2.75, 3.05) is 0 Å². The first kappa shape index (κ1) is 12.0. The van der Waals surface area contributed by atoms with E-state index in [1.165, 1.54) is 12.3 Å². The molecule has 1 aromatic rings. The molecule has 5 heteroatoms. The van der Waals surface area contributed by atoms with E-state index >= 15 is 0 Å². The molecule has 1 rings (SSSR count). The summed E-state index contributed by atoms with van der Waals surface area (Å²) in [5, 5.41) is 11.2. The van der Waals surface area contributed by atoms with Gasteiger partial charge in [0.25, 0.3) is 5.91 Å². The highest BCUT2D eigenvalue weighted by molar-refractivity contribution is 5.95. The summed E-state index contributed by atoms with van der Waals surface area (Å²) in [5.41, 5.74) is 0.667. The maximum Gasteiger partial charge on any atom is 0.326 e. The molecule has 0 fully saturated rings. The summed E-state index contributed by atoms with van der Waals surface area (Å²) < 4.78 is 4.95. The first-order valence-corrected chi connectivity index (χ1v) is 4.75. The van der Waals surface area contributed by atoms with Crippen LogP contribution in [-0.4, -0.2) is 23.0 Å². The van der Waals surface area contributed by atoms with Crippen molar-refractivity contribution >= 4 is 11.9 Å². The van der Waals surface area contributed by atoms with E-state index in [1.54, 1.807) is 13.0 Å². The number of rotatable bonds is 5. The topological polar surface area (TPSA) is 79.5 Å². The highest BCUT2D eigenvalue weighted by atomic mass is 16.4. The molecular weight excluding hydrogens is 210 g/mol. The lowest BCUT2D eigenvalue weighted by Gasteiger charge is -2.11. The first-order valence-electron chi connectivity index (χ1n) is 4.75. The second-order valence-corrected chi connectivity index (χ2v) is 3.32. The third-order valence-corrected chi connectivity index (χ3v) is 2.07.